The van der Waals surface area contributed by atoms with Crippen LogP contribution in [0.4, 0.5) is 5.82 Å². The molecule has 0 radical (unpaired) electrons. The molecule has 4 aromatic heterocycles. The first kappa shape index (κ1) is 13.3. The van der Waals surface area contributed by atoms with Crippen LogP contribution in [0.3, 0.4) is 0 Å². The van der Waals surface area contributed by atoms with Crippen LogP contribution in [-0.4, -0.2) is 34.7 Å². The van der Waals surface area contributed by atoms with Crippen molar-refractivity contribution in [3.05, 3.63) is 48.5 Å². The molecule has 0 atom stereocenters. The molecule has 4 heterocycles. The zero-order chi connectivity index (χ0) is 15.6. The van der Waals surface area contributed by atoms with Gasteiger partial charge in [-0.3, -0.25) is 4.98 Å². The zero-order valence-electron chi connectivity index (χ0n) is 12.2. The van der Waals surface area contributed by atoms with Crippen LogP contribution in [0.5, 0.6) is 0 Å². The average molecular weight is 308 g/mol. The quantitative estimate of drug-likeness (QED) is 0.604. The van der Waals surface area contributed by atoms with Gasteiger partial charge in [0.1, 0.15) is 12.1 Å². The predicted octanol–water partition coefficient (Wildman–Crippen LogP) is 1.49. The predicted molar refractivity (Wildman–Crippen MR) is 80.4 cm³/mol. The van der Waals surface area contributed by atoms with Crippen LogP contribution in [0.2, 0.25) is 0 Å². The second-order valence-corrected chi connectivity index (χ2v) is 4.86. The first-order valence-corrected chi connectivity index (χ1v) is 6.94. The SMILES string of the molecule is Cc1cc(NCc2nc(-c3ccncc3)no2)n2ncnc2n1. The highest BCUT2D eigenvalue weighted by Gasteiger charge is 2.10. The molecule has 0 saturated heterocycles. The summed E-state index contributed by atoms with van der Waals surface area (Å²) in [6.07, 6.45) is 4.83. The maximum atomic E-state index is 5.26. The molecule has 9 heteroatoms. The van der Waals surface area contributed by atoms with E-state index in [0.717, 1.165) is 17.1 Å². The van der Waals surface area contributed by atoms with Crippen molar-refractivity contribution in [2.75, 3.05) is 5.32 Å². The number of fused-ring (bicyclic) bond motifs is 1. The topological polar surface area (TPSA) is 107 Å². The molecule has 0 saturated carbocycles. The molecule has 4 rings (SSSR count). The number of aryl methyl sites for hydroxylation is 1. The summed E-state index contributed by atoms with van der Waals surface area (Å²) < 4.78 is 6.88. The van der Waals surface area contributed by atoms with Gasteiger partial charge in [-0.2, -0.15) is 19.6 Å². The number of nitrogens with zero attached hydrogens (tertiary/aromatic N) is 7. The van der Waals surface area contributed by atoms with Crippen molar-refractivity contribution in [1.29, 1.82) is 0 Å². The summed E-state index contributed by atoms with van der Waals surface area (Å²) in [5, 5.41) is 11.3. The summed E-state index contributed by atoms with van der Waals surface area (Å²) in [5.74, 6) is 2.30. The Balaban J connectivity index is 1.55. The van der Waals surface area contributed by atoms with Gasteiger partial charge in [-0.1, -0.05) is 5.16 Å². The summed E-state index contributed by atoms with van der Waals surface area (Å²) >= 11 is 0. The van der Waals surface area contributed by atoms with Gasteiger partial charge >= 0.3 is 0 Å². The third kappa shape index (κ3) is 2.59. The first-order chi connectivity index (χ1) is 11.3. The Morgan fingerprint density at radius 1 is 1.22 bits per heavy atom. The Hall–Kier alpha value is -3.36. The highest BCUT2D eigenvalue weighted by atomic mass is 16.5. The van der Waals surface area contributed by atoms with Crippen LogP contribution in [-0.2, 0) is 6.54 Å². The molecule has 0 amide bonds. The molecule has 0 aliphatic heterocycles. The van der Waals surface area contributed by atoms with E-state index in [1.54, 1.807) is 16.9 Å². The van der Waals surface area contributed by atoms with E-state index in [-0.39, 0.29) is 0 Å². The third-order valence-corrected chi connectivity index (χ3v) is 3.21. The second kappa shape index (κ2) is 5.44. The van der Waals surface area contributed by atoms with E-state index < -0.39 is 0 Å². The molecule has 9 nitrogen and oxygen atoms in total. The Kier molecular flexibility index (Phi) is 3.15. The van der Waals surface area contributed by atoms with E-state index in [1.165, 1.54) is 6.33 Å². The van der Waals surface area contributed by atoms with Crippen LogP contribution in [0, 0.1) is 6.92 Å². The van der Waals surface area contributed by atoms with E-state index in [0.29, 0.717) is 24.0 Å². The normalized spacial score (nSPS) is 11.0. The lowest BCUT2D eigenvalue weighted by Gasteiger charge is -2.06. The fraction of sp³-hybridized carbons (Fsp3) is 0.143. The average Bonchev–Trinajstić information content (AvgIpc) is 3.22. The van der Waals surface area contributed by atoms with Crippen molar-refractivity contribution in [1.82, 2.24) is 34.7 Å². The molecule has 0 unspecified atom stereocenters. The highest BCUT2D eigenvalue weighted by molar-refractivity contribution is 5.52. The summed E-state index contributed by atoms with van der Waals surface area (Å²) in [5.41, 5.74) is 1.70. The van der Waals surface area contributed by atoms with Crippen LogP contribution >= 0.6 is 0 Å². The van der Waals surface area contributed by atoms with Crippen molar-refractivity contribution in [3.63, 3.8) is 0 Å². The fourth-order valence-electron chi connectivity index (χ4n) is 2.17. The molecule has 0 spiro atoms. The zero-order valence-corrected chi connectivity index (χ0v) is 12.2. The second-order valence-electron chi connectivity index (χ2n) is 4.86. The van der Waals surface area contributed by atoms with Crippen LogP contribution < -0.4 is 5.32 Å². The van der Waals surface area contributed by atoms with E-state index in [1.807, 2.05) is 25.1 Å². The van der Waals surface area contributed by atoms with E-state index in [2.05, 4.69) is 35.5 Å². The number of rotatable bonds is 4. The van der Waals surface area contributed by atoms with Gasteiger partial charge in [0.25, 0.3) is 5.78 Å². The Labute approximate surface area is 130 Å². The van der Waals surface area contributed by atoms with Crippen molar-refractivity contribution in [2.24, 2.45) is 0 Å². The minimum Gasteiger partial charge on any atom is -0.361 e. The molecular weight excluding hydrogens is 296 g/mol. The molecule has 0 aliphatic rings. The Morgan fingerprint density at radius 2 is 2.09 bits per heavy atom. The van der Waals surface area contributed by atoms with E-state index in [9.17, 15) is 0 Å². The summed E-state index contributed by atoms with van der Waals surface area (Å²) in [7, 11) is 0. The Bertz CT molecular complexity index is 946. The van der Waals surface area contributed by atoms with Gasteiger partial charge in [0.2, 0.25) is 11.7 Å². The van der Waals surface area contributed by atoms with Crippen molar-refractivity contribution >= 4 is 11.6 Å². The van der Waals surface area contributed by atoms with Gasteiger partial charge in [0, 0.05) is 29.7 Å². The van der Waals surface area contributed by atoms with Crippen molar-refractivity contribution < 1.29 is 4.52 Å². The summed E-state index contributed by atoms with van der Waals surface area (Å²) in [4.78, 5) is 16.7. The molecule has 0 bridgehead atoms. The lowest BCUT2D eigenvalue weighted by molar-refractivity contribution is 0.384. The molecule has 0 fully saturated rings. The Morgan fingerprint density at radius 3 is 2.96 bits per heavy atom. The molecule has 1 N–H and O–H groups in total. The fourth-order valence-corrected chi connectivity index (χ4v) is 2.17. The number of anilines is 1. The largest absolute Gasteiger partial charge is 0.361 e. The maximum Gasteiger partial charge on any atom is 0.254 e. The smallest absolute Gasteiger partial charge is 0.254 e. The molecule has 114 valence electrons. The number of hydrogen-bond acceptors (Lipinski definition) is 8. The van der Waals surface area contributed by atoms with Crippen LogP contribution in [0.15, 0.2) is 41.4 Å². The van der Waals surface area contributed by atoms with Crippen LogP contribution in [0.25, 0.3) is 17.2 Å². The van der Waals surface area contributed by atoms with Gasteiger partial charge < -0.3 is 9.84 Å². The highest BCUT2D eigenvalue weighted by Crippen LogP contribution is 2.15. The molecule has 0 aromatic carbocycles. The molecule has 23 heavy (non-hydrogen) atoms. The van der Waals surface area contributed by atoms with Gasteiger partial charge in [0.15, 0.2) is 0 Å². The van der Waals surface area contributed by atoms with Crippen LogP contribution in [0.1, 0.15) is 11.6 Å². The lowest BCUT2D eigenvalue weighted by Crippen LogP contribution is -2.07. The van der Waals surface area contributed by atoms with Gasteiger partial charge in [-0.25, -0.2) is 4.98 Å². The monoisotopic (exact) mass is 308 g/mol. The number of hydrogen-bond donors (Lipinski definition) is 1. The molecule has 0 aliphatic carbocycles. The number of nitrogens with one attached hydrogen (secondary N) is 1. The van der Waals surface area contributed by atoms with Crippen molar-refractivity contribution in [3.8, 4) is 11.4 Å². The summed E-state index contributed by atoms with van der Waals surface area (Å²) in [6, 6.07) is 5.53. The van der Waals surface area contributed by atoms with Gasteiger partial charge in [0.05, 0.1) is 6.54 Å². The maximum absolute atomic E-state index is 5.26. The number of aromatic nitrogens is 7. The number of pyridine rings is 1. The molecular formula is C14H12N8O. The van der Waals surface area contributed by atoms with Crippen molar-refractivity contribution in [2.45, 2.75) is 13.5 Å². The lowest BCUT2D eigenvalue weighted by atomic mass is 10.2. The first-order valence-electron chi connectivity index (χ1n) is 6.94. The summed E-state index contributed by atoms with van der Waals surface area (Å²) in [6.45, 7) is 2.27. The molecule has 4 aromatic rings. The minimum atomic E-state index is 0.372. The van der Waals surface area contributed by atoms with Gasteiger partial charge in [-0.15, -0.1) is 0 Å². The van der Waals surface area contributed by atoms with Gasteiger partial charge in [-0.05, 0) is 19.1 Å². The third-order valence-electron chi connectivity index (χ3n) is 3.21. The standard InChI is InChI=1S/C14H12N8O/c1-9-6-11(22-14(19-9)17-8-18-22)16-7-12-20-13(21-23-12)10-2-4-15-5-3-10/h2-6,8,16H,7H2,1H3. The minimum absolute atomic E-state index is 0.372. The van der Waals surface area contributed by atoms with E-state index >= 15 is 0 Å². The van der Waals surface area contributed by atoms with E-state index in [4.69, 9.17) is 4.52 Å².